The van der Waals surface area contributed by atoms with Gasteiger partial charge in [0.25, 0.3) is 0 Å². The molecule has 2 aromatic heterocycles. The number of aromatic nitrogens is 3. The molecule has 2 aromatic rings. The molecule has 0 saturated carbocycles. The van der Waals surface area contributed by atoms with Crippen LogP contribution in [0.25, 0.3) is 5.82 Å². The molecule has 0 amide bonds. The zero-order chi connectivity index (χ0) is 15.6. The van der Waals surface area contributed by atoms with E-state index < -0.39 is 11.7 Å². The summed E-state index contributed by atoms with van der Waals surface area (Å²) in [7, 11) is 0. The van der Waals surface area contributed by atoms with Gasteiger partial charge in [-0.25, -0.2) is 9.67 Å². The fourth-order valence-corrected chi connectivity index (χ4v) is 1.84. The van der Waals surface area contributed by atoms with Crippen molar-refractivity contribution in [3.63, 3.8) is 0 Å². The Morgan fingerprint density at radius 3 is 2.48 bits per heavy atom. The van der Waals surface area contributed by atoms with Crippen LogP contribution in [0.5, 0.6) is 0 Å². The molecular formula is C14H17F3N4. The first-order chi connectivity index (χ1) is 9.79. The molecule has 21 heavy (non-hydrogen) atoms. The minimum Gasteiger partial charge on any atom is -0.310 e. The summed E-state index contributed by atoms with van der Waals surface area (Å²) in [6.07, 6.45) is -1.86. The van der Waals surface area contributed by atoms with Crippen LogP contribution >= 0.6 is 0 Å². The molecular weight excluding hydrogens is 281 g/mol. The lowest BCUT2D eigenvalue weighted by molar-refractivity contribution is -0.137. The Balaban J connectivity index is 2.23. The zero-order valence-electron chi connectivity index (χ0n) is 12.1. The van der Waals surface area contributed by atoms with Gasteiger partial charge >= 0.3 is 6.18 Å². The largest absolute Gasteiger partial charge is 0.417 e. The van der Waals surface area contributed by atoms with E-state index in [2.05, 4.69) is 15.4 Å². The predicted molar refractivity (Wildman–Crippen MR) is 73.1 cm³/mol. The number of halogens is 3. The lowest BCUT2D eigenvalue weighted by Gasteiger charge is -2.09. The van der Waals surface area contributed by atoms with Crippen molar-refractivity contribution in [1.29, 1.82) is 0 Å². The molecule has 0 aliphatic heterocycles. The third-order valence-corrected chi connectivity index (χ3v) is 3.10. The van der Waals surface area contributed by atoms with Crippen molar-refractivity contribution in [3.8, 4) is 5.82 Å². The maximum atomic E-state index is 12.5. The average Bonchev–Trinajstić information content (AvgIpc) is 2.77. The first-order valence-electron chi connectivity index (χ1n) is 6.59. The molecule has 0 atom stereocenters. The van der Waals surface area contributed by atoms with Crippen LogP contribution in [0.4, 0.5) is 13.2 Å². The molecule has 1 N–H and O–H groups in total. The predicted octanol–water partition coefficient (Wildman–Crippen LogP) is 3.09. The molecule has 0 aliphatic carbocycles. The fourth-order valence-electron chi connectivity index (χ4n) is 1.84. The Labute approximate surface area is 121 Å². The first-order valence-corrected chi connectivity index (χ1v) is 6.59. The smallest absolute Gasteiger partial charge is 0.310 e. The van der Waals surface area contributed by atoms with Gasteiger partial charge in [0.1, 0.15) is 0 Å². The van der Waals surface area contributed by atoms with Crippen molar-refractivity contribution in [1.82, 2.24) is 20.1 Å². The lowest BCUT2D eigenvalue weighted by Crippen LogP contribution is -2.22. The van der Waals surface area contributed by atoms with E-state index in [0.717, 1.165) is 23.5 Å². The van der Waals surface area contributed by atoms with Crippen molar-refractivity contribution in [2.24, 2.45) is 0 Å². The summed E-state index contributed by atoms with van der Waals surface area (Å²) in [4.78, 5) is 3.84. The third-order valence-electron chi connectivity index (χ3n) is 3.10. The van der Waals surface area contributed by atoms with Crippen molar-refractivity contribution < 1.29 is 13.2 Å². The molecule has 7 heteroatoms. The molecule has 0 fully saturated rings. The number of pyridine rings is 1. The van der Waals surface area contributed by atoms with Crippen LogP contribution in [-0.2, 0) is 12.7 Å². The van der Waals surface area contributed by atoms with Gasteiger partial charge in [-0.2, -0.15) is 18.3 Å². The van der Waals surface area contributed by atoms with Crippen LogP contribution in [0, 0.1) is 6.92 Å². The van der Waals surface area contributed by atoms with E-state index >= 15 is 0 Å². The zero-order valence-corrected chi connectivity index (χ0v) is 12.1. The van der Waals surface area contributed by atoms with Crippen LogP contribution in [0.2, 0.25) is 0 Å². The molecule has 0 radical (unpaired) electrons. The van der Waals surface area contributed by atoms with Gasteiger partial charge in [-0.3, -0.25) is 0 Å². The average molecular weight is 298 g/mol. The second kappa shape index (κ2) is 5.85. The SMILES string of the molecule is Cc1c(CNC(C)C)cnn1-c1ccc(C(F)(F)F)cn1. The van der Waals surface area contributed by atoms with Gasteiger partial charge in [0.2, 0.25) is 0 Å². The topological polar surface area (TPSA) is 42.7 Å². The highest BCUT2D eigenvalue weighted by Gasteiger charge is 2.30. The Morgan fingerprint density at radius 2 is 1.95 bits per heavy atom. The highest BCUT2D eigenvalue weighted by molar-refractivity contribution is 5.30. The second-order valence-electron chi connectivity index (χ2n) is 5.11. The highest BCUT2D eigenvalue weighted by atomic mass is 19.4. The Bertz CT molecular complexity index is 600. The van der Waals surface area contributed by atoms with Crippen molar-refractivity contribution >= 4 is 0 Å². The molecule has 2 rings (SSSR count). The normalized spacial score (nSPS) is 12.1. The summed E-state index contributed by atoms with van der Waals surface area (Å²) in [5.74, 6) is 0.372. The molecule has 2 heterocycles. The lowest BCUT2D eigenvalue weighted by atomic mass is 10.2. The molecule has 114 valence electrons. The number of alkyl halides is 3. The summed E-state index contributed by atoms with van der Waals surface area (Å²) < 4.78 is 39.1. The molecule has 0 spiro atoms. The van der Waals surface area contributed by atoms with Crippen LogP contribution in [-0.4, -0.2) is 20.8 Å². The standard InChI is InChI=1S/C14H17F3N4/c1-9(2)18-6-11-7-20-21(10(11)3)13-5-4-12(8-19-13)14(15,16)17/h4-5,7-9,18H,6H2,1-3H3. The molecule has 0 unspecified atom stereocenters. The molecule has 0 aliphatic rings. The number of rotatable bonds is 4. The van der Waals surface area contributed by atoms with Gasteiger partial charge in [-0.1, -0.05) is 13.8 Å². The summed E-state index contributed by atoms with van der Waals surface area (Å²) in [5, 5.41) is 7.46. The minimum atomic E-state index is -4.38. The van der Waals surface area contributed by atoms with E-state index in [9.17, 15) is 13.2 Å². The van der Waals surface area contributed by atoms with Gasteiger partial charge in [-0.15, -0.1) is 0 Å². The Hall–Kier alpha value is -1.89. The van der Waals surface area contributed by atoms with Crippen LogP contribution in [0.1, 0.15) is 30.7 Å². The molecule has 0 saturated heterocycles. The van der Waals surface area contributed by atoms with E-state index in [-0.39, 0.29) is 0 Å². The number of hydrogen-bond donors (Lipinski definition) is 1. The van der Waals surface area contributed by atoms with Gasteiger partial charge in [0.15, 0.2) is 5.82 Å². The van der Waals surface area contributed by atoms with Crippen LogP contribution in [0.3, 0.4) is 0 Å². The summed E-state index contributed by atoms with van der Waals surface area (Å²) in [5.41, 5.74) is 1.08. The maximum absolute atomic E-state index is 12.5. The molecule has 0 aromatic carbocycles. The van der Waals surface area contributed by atoms with Crippen LogP contribution < -0.4 is 5.32 Å². The summed E-state index contributed by atoms with van der Waals surface area (Å²) >= 11 is 0. The Morgan fingerprint density at radius 1 is 1.24 bits per heavy atom. The number of hydrogen-bond acceptors (Lipinski definition) is 3. The fraction of sp³-hybridized carbons (Fsp3) is 0.429. The van der Waals surface area contributed by atoms with E-state index in [1.807, 2.05) is 20.8 Å². The maximum Gasteiger partial charge on any atom is 0.417 e. The van der Waals surface area contributed by atoms with Gasteiger partial charge < -0.3 is 5.32 Å². The van der Waals surface area contributed by atoms with Crippen molar-refractivity contribution in [2.75, 3.05) is 0 Å². The van der Waals surface area contributed by atoms with Crippen molar-refractivity contribution in [2.45, 2.75) is 39.5 Å². The third kappa shape index (κ3) is 3.60. The van der Waals surface area contributed by atoms with E-state index in [0.29, 0.717) is 18.4 Å². The highest BCUT2D eigenvalue weighted by Crippen LogP contribution is 2.28. The molecule has 0 bridgehead atoms. The van der Waals surface area contributed by atoms with Gasteiger partial charge in [0.05, 0.1) is 11.8 Å². The van der Waals surface area contributed by atoms with E-state index in [1.165, 1.54) is 10.7 Å². The first kappa shape index (κ1) is 15.5. The van der Waals surface area contributed by atoms with Crippen LogP contribution in [0.15, 0.2) is 24.5 Å². The van der Waals surface area contributed by atoms with Gasteiger partial charge in [-0.05, 0) is 19.1 Å². The van der Waals surface area contributed by atoms with Crippen molar-refractivity contribution in [3.05, 3.63) is 41.3 Å². The monoisotopic (exact) mass is 298 g/mol. The number of nitrogens with zero attached hydrogens (tertiary/aromatic N) is 3. The minimum absolute atomic E-state index is 0.344. The summed E-state index contributed by atoms with van der Waals surface area (Å²) in [6, 6.07) is 2.68. The molecule has 4 nitrogen and oxygen atoms in total. The van der Waals surface area contributed by atoms with E-state index in [4.69, 9.17) is 0 Å². The quantitative estimate of drug-likeness (QED) is 0.943. The van der Waals surface area contributed by atoms with E-state index in [1.54, 1.807) is 6.20 Å². The van der Waals surface area contributed by atoms with Gasteiger partial charge in [0, 0.05) is 30.0 Å². The Kier molecular flexibility index (Phi) is 4.32. The number of nitrogens with one attached hydrogen (secondary N) is 1. The summed E-state index contributed by atoms with van der Waals surface area (Å²) in [6.45, 7) is 6.60. The second-order valence-corrected chi connectivity index (χ2v) is 5.11.